The third-order valence-corrected chi connectivity index (χ3v) is 1.93. The second kappa shape index (κ2) is 3.28. The Balaban J connectivity index is 3.68. The molecule has 76 valence electrons. The van der Waals surface area contributed by atoms with Gasteiger partial charge in [-0.15, -0.1) is 0 Å². The SMILES string of the molecule is Cc1c(F)c(C)c([N+](=O)[O-])c(F)c1F. The smallest absolute Gasteiger partial charge is 0.258 e. The van der Waals surface area contributed by atoms with Crippen LogP contribution in [0.3, 0.4) is 0 Å². The lowest BCUT2D eigenvalue weighted by Crippen LogP contribution is -2.04. The van der Waals surface area contributed by atoms with Crippen molar-refractivity contribution >= 4 is 5.69 Å². The predicted molar refractivity (Wildman–Crippen MR) is 42.4 cm³/mol. The normalized spacial score (nSPS) is 10.4. The summed E-state index contributed by atoms with van der Waals surface area (Å²) in [4.78, 5) is 9.15. The van der Waals surface area contributed by atoms with Gasteiger partial charge in [-0.1, -0.05) is 0 Å². The molecule has 14 heavy (non-hydrogen) atoms. The molecule has 1 rings (SSSR count). The first-order valence-electron chi connectivity index (χ1n) is 3.66. The molecule has 0 saturated carbocycles. The highest BCUT2D eigenvalue weighted by molar-refractivity contribution is 5.45. The predicted octanol–water partition coefficient (Wildman–Crippen LogP) is 2.63. The van der Waals surface area contributed by atoms with Crippen LogP contribution in [0.4, 0.5) is 18.9 Å². The van der Waals surface area contributed by atoms with Gasteiger partial charge in [0.15, 0.2) is 5.82 Å². The van der Waals surface area contributed by atoms with E-state index >= 15 is 0 Å². The number of rotatable bonds is 1. The zero-order chi connectivity index (χ0) is 11.0. The van der Waals surface area contributed by atoms with Crippen LogP contribution in [0.15, 0.2) is 0 Å². The molecule has 0 spiro atoms. The highest BCUT2D eigenvalue weighted by Gasteiger charge is 2.27. The first-order chi connectivity index (χ1) is 6.37. The fourth-order valence-electron chi connectivity index (χ4n) is 1.13. The zero-order valence-electron chi connectivity index (χ0n) is 7.40. The number of nitro benzene ring substituents is 1. The Bertz CT molecular complexity index is 389. The molecule has 0 radical (unpaired) electrons. The van der Waals surface area contributed by atoms with Gasteiger partial charge in [-0.25, -0.2) is 8.78 Å². The average molecular weight is 205 g/mol. The second-order valence-electron chi connectivity index (χ2n) is 2.80. The van der Waals surface area contributed by atoms with Gasteiger partial charge in [-0.3, -0.25) is 10.1 Å². The summed E-state index contributed by atoms with van der Waals surface area (Å²) in [6, 6.07) is 0. The zero-order valence-corrected chi connectivity index (χ0v) is 7.40. The van der Waals surface area contributed by atoms with Crippen molar-refractivity contribution in [2.24, 2.45) is 0 Å². The average Bonchev–Trinajstić information content (AvgIpc) is 2.11. The van der Waals surface area contributed by atoms with Crippen LogP contribution in [0, 0.1) is 41.4 Å². The Morgan fingerprint density at radius 1 is 1.00 bits per heavy atom. The Morgan fingerprint density at radius 2 is 1.50 bits per heavy atom. The largest absolute Gasteiger partial charge is 0.313 e. The quantitative estimate of drug-likeness (QED) is 0.401. The molecule has 0 N–H and O–H groups in total. The third kappa shape index (κ3) is 1.32. The van der Waals surface area contributed by atoms with E-state index in [0.29, 0.717) is 0 Å². The van der Waals surface area contributed by atoms with Gasteiger partial charge in [0.1, 0.15) is 5.82 Å². The standard InChI is InChI=1S/C8H6F3NO2/c1-3-5(9)4(2)8(12(13)14)7(11)6(3)10/h1-2H3. The van der Waals surface area contributed by atoms with E-state index in [-0.39, 0.29) is 0 Å². The van der Waals surface area contributed by atoms with Gasteiger partial charge in [0, 0.05) is 5.56 Å². The summed E-state index contributed by atoms with van der Waals surface area (Å²) in [5, 5.41) is 10.3. The highest BCUT2D eigenvalue weighted by Crippen LogP contribution is 2.29. The van der Waals surface area contributed by atoms with Crippen LogP contribution in [0.1, 0.15) is 11.1 Å². The van der Waals surface area contributed by atoms with E-state index in [4.69, 9.17) is 0 Å². The van der Waals surface area contributed by atoms with Crippen molar-refractivity contribution in [1.29, 1.82) is 0 Å². The topological polar surface area (TPSA) is 43.1 Å². The van der Waals surface area contributed by atoms with Gasteiger partial charge < -0.3 is 0 Å². The summed E-state index contributed by atoms with van der Waals surface area (Å²) in [5.74, 6) is -4.22. The minimum absolute atomic E-state index is 0.494. The van der Waals surface area contributed by atoms with Gasteiger partial charge in [0.05, 0.1) is 10.5 Å². The molecule has 0 aromatic heterocycles. The fraction of sp³-hybridized carbons (Fsp3) is 0.250. The number of hydrogen-bond acceptors (Lipinski definition) is 2. The summed E-state index contributed by atoms with van der Waals surface area (Å²) in [6.07, 6.45) is 0. The molecule has 0 atom stereocenters. The van der Waals surface area contributed by atoms with E-state index in [1.807, 2.05) is 0 Å². The molecule has 0 fully saturated rings. The van der Waals surface area contributed by atoms with Crippen molar-refractivity contribution < 1.29 is 18.1 Å². The first-order valence-corrected chi connectivity index (χ1v) is 3.66. The molecule has 0 heterocycles. The van der Waals surface area contributed by atoms with Gasteiger partial charge >= 0.3 is 5.69 Å². The molecule has 0 aliphatic carbocycles. The van der Waals surface area contributed by atoms with E-state index in [9.17, 15) is 23.3 Å². The molecule has 0 aliphatic rings. The molecule has 0 amide bonds. The van der Waals surface area contributed by atoms with Crippen LogP contribution < -0.4 is 0 Å². The monoisotopic (exact) mass is 205 g/mol. The third-order valence-electron chi connectivity index (χ3n) is 1.93. The number of hydrogen-bond donors (Lipinski definition) is 0. The molecule has 0 saturated heterocycles. The maximum atomic E-state index is 13.1. The molecule has 1 aromatic rings. The van der Waals surface area contributed by atoms with E-state index < -0.39 is 39.2 Å². The molecule has 3 nitrogen and oxygen atoms in total. The van der Waals surface area contributed by atoms with Crippen LogP contribution in [0.5, 0.6) is 0 Å². The van der Waals surface area contributed by atoms with Gasteiger partial charge in [-0.2, -0.15) is 4.39 Å². The summed E-state index contributed by atoms with van der Waals surface area (Å²) in [7, 11) is 0. The van der Waals surface area contributed by atoms with Crippen molar-refractivity contribution in [3.05, 3.63) is 38.7 Å². The number of nitro groups is 1. The molecule has 0 bridgehead atoms. The van der Waals surface area contributed by atoms with E-state index in [2.05, 4.69) is 0 Å². The van der Waals surface area contributed by atoms with Crippen molar-refractivity contribution in [2.75, 3.05) is 0 Å². The van der Waals surface area contributed by atoms with Crippen LogP contribution >= 0.6 is 0 Å². The molecule has 6 heteroatoms. The molecule has 0 aliphatic heterocycles. The van der Waals surface area contributed by atoms with Gasteiger partial charge in [0.25, 0.3) is 0 Å². The van der Waals surface area contributed by atoms with E-state index in [1.54, 1.807) is 0 Å². The summed E-state index contributed by atoms with van der Waals surface area (Å²) in [6.45, 7) is 2.05. The number of nitrogens with zero attached hydrogens (tertiary/aromatic N) is 1. The lowest BCUT2D eigenvalue weighted by atomic mass is 10.1. The lowest BCUT2D eigenvalue weighted by molar-refractivity contribution is -0.388. The second-order valence-corrected chi connectivity index (χ2v) is 2.80. The van der Waals surface area contributed by atoms with Crippen molar-refractivity contribution in [3.63, 3.8) is 0 Å². The molecular weight excluding hydrogens is 199 g/mol. The van der Waals surface area contributed by atoms with Gasteiger partial charge in [-0.05, 0) is 13.8 Å². The van der Waals surface area contributed by atoms with Crippen LogP contribution in [0.25, 0.3) is 0 Å². The van der Waals surface area contributed by atoms with Crippen molar-refractivity contribution in [1.82, 2.24) is 0 Å². The van der Waals surface area contributed by atoms with Crippen molar-refractivity contribution in [3.8, 4) is 0 Å². The van der Waals surface area contributed by atoms with E-state index in [1.165, 1.54) is 0 Å². The minimum Gasteiger partial charge on any atom is -0.258 e. The van der Waals surface area contributed by atoms with Crippen molar-refractivity contribution in [2.45, 2.75) is 13.8 Å². The molecular formula is C8H6F3NO2. The van der Waals surface area contributed by atoms with Crippen LogP contribution in [-0.2, 0) is 0 Å². The maximum Gasteiger partial charge on any atom is 0.313 e. The maximum absolute atomic E-state index is 13.1. The van der Waals surface area contributed by atoms with Crippen LogP contribution in [0.2, 0.25) is 0 Å². The number of halogens is 3. The summed E-state index contributed by atoms with van der Waals surface area (Å²) >= 11 is 0. The van der Waals surface area contributed by atoms with Crippen LogP contribution in [-0.4, -0.2) is 4.92 Å². The number of benzene rings is 1. The highest BCUT2D eigenvalue weighted by atomic mass is 19.2. The Labute approximate surface area is 77.3 Å². The lowest BCUT2D eigenvalue weighted by Gasteiger charge is -2.04. The summed E-state index contributed by atoms with van der Waals surface area (Å²) < 4.78 is 38.9. The first kappa shape index (κ1) is 10.5. The Kier molecular flexibility index (Phi) is 2.46. The Hall–Kier alpha value is -1.59. The fourth-order valence-corrected chi connectivity index (χ4v) is 1.13. The summed E-state index contributed by atoms with van der Waals surface area (Å²) in [5.41, 5.74) is -2.19. The molecule has 1 aromatic carbocycles. The van der Waals surface area contributed by atoms with Gasteiger partial charge in [0.2, 0.25) is 5.82 Å². The Morgan fingerprint density at radius 3 is 1.93 bits per heavy atom. The van der Waals surface area contributed by atoms with E-state index in [0.717, 1.165) is 13.8 Å². The molecule has 0 unspecified atom stereocenters. The minimum atomic E-state index is -1.62.